The van der Waals surface area contributed by atoms with Gasteiger partial charge in [0.15, 0.2) is 14.6 Å². The summed E-state index contributed by atoms with van der Waals surface area (Å²) in [7, 11) is -2.03. The van der Waals surface area contributed by atoms with Gasteiger partial charge in [0.05, 0.1) is 6.61 Å². The summed E-state index contributed by atoms with van der Waals surface area (Å²) in [6.45, 7) is 10.9. The first kappa shape index (κ1) is 14.4. The summed E-state index contributed by atoms with van der Waals surface area (Å²) in [5.74, 6) is 0. The second-order valence-corrected chi connectivity index (χ2v) is 11.5. The third kappa shape index (κ3) is 2.37. The standard InChI is InChI=1S/C12H24O5Si/c1-12(2,3)18(4,5)17-10-9(14)8(13)7-6-15-11(10)16-7/h7-11,13-14H,6H2,1-5H3/t7-,8?,9+,10?,11-/m1/s1. The highest BCUT2D eigenvalue weighted by atomic mass is 28.4. The number of hydrogen-bond acceptors (Lipinski definition) is 5. The quantitative estimate of drug-likeness (QED) is 0.732. The van der Waals surface area contributed by atoms with Crippen molar-refractivity contribution in [1.29, 1.82) is 0 Å². The highest BCUT2D eigenvalue weighted by Crippen LogP contribution is 2.40. The Hall–Kier alpha value is 0.0169. The molecule has 0 saturated carbocycles. The lowest BCUT2D eigenvalue weighted by Gasteiger charge is -2.44. The zero-order chi connectivity index (χ0) is 13.7. The van der Waals surface area contributed by atoms with Crippen molar-refractivity contribution in [1.82, 2.24) is 0 Å². The topological polar surface area (TPSA) is 68.2 Å². The van der Waals surface area contributed by atoms with Gasteiger partial charge >= 0.3 is 0 Å². The summed E-state index contributed by atoms with van der Waals surface area (Å²) in [5.41, 5.74) is 0. The first-order chi connectivity index (χ1) is 8.13. The lowest BCUT2D eigenvalue weighted by molar-refractivity contribution is -0.223. The van der Waals surface area contributed by atoms with Crippen molar-refractivity contribution in [3.63, 3.8) is 0 Å². The Kier molecular flexibility index (Phi) is 3.64. The minimum Gasteiger partial charge on any atom is -0.406 e. The van der Waals surface area contributed by atoms with Gasteiger partial charge in [0.1, 0.15) is 24.4 Å². The monoisotopic (exact) mass is 276 g/mol. The van der Waals surface area contributed by atoms with E-state index in [9.17, 15) is 10.2 Å². The third-order valence-corrected chi connectivity index (χ3v) is 8.78. The van der Waals surface area contributed by atoms with E-state index in [-0.39, 0.29) is 5.04 Å². The Morgan fingerprint density at radius 3 is 2.33 bits per heavy atom. The van der Waals surface area contributed by atoms with Crippen LogP contribution in [-0.2, 0) is 13.9 Å². The Bertz CT molecular complexity index is 314. The molecule has 6 heteroatoms. The normalized spacial score (nSPS) is 41.2. The SMILES string of the molecule is CC(C)(C)[Si](C)(C)OC1[C@@H]2OC[C@@H](O2)C(O)[C@@H]1O. The number of rotatable bonds is 2. The molecule has 0 amide bonds. The first-order valence-electron chi connectivity index (χ1n) is 6.44. The minimum atomic E-state index is -2.03. The van der Waals surface area contributed by atoms with Gasteiger partial charge in [-0.25, -0.2) is 0 Å². The molecule has 0 spiro atoms. The van der Waals surface area contributed by atoms with Crippen LogP contribution in [0.1, 0.15) is 20.8 Å². The molecule has 5 atom stereocenters. The van der Waals surface area contributed by atoms with Gasteiger partial charge in [0, 0.05) is 0 Å². The van der Waals surface area contributed by atoms with Crippen molar-refractivity contribution in [2.75, 3.05) is 6.61 Å². The Balaban J connectivity index is 2.13. The molecule has 2 unspecified atom stereocenters. The van der Waals surface area contributed by atoms with E-state index in [2.05, 4.69) is 33.9 Å². The van der Waals surface area contributed by atoms with Crippen LogP contribution < -0.4 is 0 Å². The second-order valence-electron chi connectivity index (χ2n) is 6.70. The fourth-order valence-corrected chi connectivity index (χ4v) is 3.29. The van der Waals surface area contributed by atoms with Crippen molar-refractivity contribution < 1.29 is 24.1 Å². The van der Waals surface area contributed by atoms with E-state index in [1.807, 2.05) is 0 Å². The van der Waals surface area contributed by atoms with Crippen molar-refractivity contribution in [3.8, 4) is 0 Å². The Labute approximate surface area is 109 Å². The lowest BCUT2D eigenvalue weighted by Crippen LogP contribution is -2.59. The molecule has 5 nitrogen and oxygen atoms in total. The van der Waals surface area contributed by atoms with Crippen molar-refractivity contribution in [3.05, 3.63) is 0 Å². The molecule has 2 aliphatic heterocycles. The fourth-order valence-electron chi connectivity index (χ4n) is 2.01. The molecular formula is C12H24O5Si. The van der Waals surface area contributed by atoms with Crippen LogP contribution in [0.15, 0.2) is 0 Å². The van der Waals surface area contributed by atoms with E-state index in [1.165, 1.54) is 0 Å². The zero-order valence-corrected chi connectivity index (χ0v) is 12.7. The number of aliphatic hydroxyl groups is 2. The maximum absolute atomic E-state index is 10.1. The molecule has 0 aromatic carbocycles. The predicted octanol–water partition coefficient (Wildman–Crippen LogP) is 0.854. The van der Waals surface area contributed by atoms with Crippen LogP contribution in [0, 0.1) is 0 Å². The first-order valence-corrected chi connectivity index (χ1v) is 9.35. The predicted molar refractivity (Wildman–Crippen MR) is 68.7 cm³/mol. The number of aliphatic hydroxyl groups excluding tert-OH is 2. The molecule has 2 bridgehead atoms. The van der Waals surface area contributed by atoms with Gasteiger partial charge < -0.3 is 24.1 Å². The molecule has 0 radical (unpaired) electrons. The summed E-state index contributed by atoms with van der Waals surface area (Å²) < 4.78 is 17.1. The fraction of sp³-hybridized carbons (Fsp3) is 1.00. The van der Waals surface area contributed by atoms with Crippen molar-refractivity contribution in [2.45, 2.75) is 69.6 Å². The van der Waals surface area contributed by atoms with E-state index in [4.69, 9.17) is 13.9 Å². The second kappa shape index (κ2) is 4.54. The van der Waals surface area contributed by atoms with Crippen LogP contribution in [0.2, 0.25) is 18.1 Å². The summed E-state index contributed by atoms with van der Waals surface area (Å²) >= 11 is 0. The number of hydrogen-bond donors (Lipinski definition) is 2. The largest absolute Gasteiger partial charge is 0.406 e. The van der Waals surface area contributed by atoms with Crippen LogP contribution >= 0.6 is 0 Å². The molecule has 0 aromatic heterocycles. The molecule has 2 aliphatic rings. The molecular weight excluding hydrogens is 252 g/mol. The van der Waals surface area contributed by atoms with Crippen LogP contribution in [0.25, 0.3) is 0 Å². The van der Waals surface area contributed by atoms with E-state index in [0.29, 0.717) is 6.61 Å². The van der Waals surface area contributed by atoms with E-state index in [0.717, 1.165) is 0 Å². The smallest absolute Gasteiger partial charge is 0.192 e. The molecule has 0 aromatic rings. The van der Waals surface area contributed by atoms with Gasteiger partial charge in [-0.05, 0) is 18.1 Å². The van der Waals surface area contributed by atoms with E-state index >= 15 is 0 Å². The molecule has 2 rings (SSSR count). The highest BCUT2D eigenvalue weighted by Gasteiger charge is 2.53. The maximum atomic E-state index is 10.1. The number of fused-ring (bicyclic) bond motifs is 2. The van der Waals surface area contributed by atoms with Gasteiger partial charge in [-0.2, -0.15) is 0 Å². The number of ether oxygens (including phenoxy) is 2. The molecule has 2 fully saturated rings. The van der Waals surface area contributed by atoms with Gasteiger partial charge in [0.25, 0.3) is 0 Å². The summed E-state index contributed by atoms with van der Waals surface area (Å²) in [4.78, 5) is 0. The van der Waals surface area contributed by atoms with Crippen molar-refractivity contribution in [2.24, 2.45) is 0 Å². The average Bonchev–Trinajstić information content (AvgIpc) is 2.66. The minimum absolute atomic E-state index is 0.0348. The van der Waals surface area contributed by atoms with Gasteiger partial charge in [-0.3, -0.25) is 0 Å². The van der Waals surface area contributed by atoms with Gasteiger partial charge in [-0.15, -0.1) is 0 Å². The average molecular weight is 276 g/mol. The van der Waals surface area contributed by atoms with Crippen LogP contribution in [-0.4, -0.2) is 55.8 Å². The van der Waals surface area contributed by atoms with Crippen LogP contribution in [0.3, 0.4) is 0 Å². The van der Waals surface area contributed by atoms with Gasteiger partial charge in [-0.1, -0.05) is 20.8 Å². The van der Waals surface area contributed by atoms with Crippen LogP contribution in [0.5, 0.6) is 0 Å². The zero-order valence-electron chi connectivity index (χ0n) is 11.7. The highest BCUT2D eigenvalue weighted by molar-refractivity contribution is 6.74. The Morgan fingerprint density at radius 1 is 1.17 bits per heavy atom. The molecule has 18 heavy (non-hydrogen) atoms. The Morgan fingerprint density at radius 2 is 1.78 bits per heavy atom. The van der Waals surface area contributed by atoms with E-state index in [1.54, 1.807) is 0 Å². The molecule has 0 aliphatic carbocycles. The summed E-state index contributed by atoms with van der Waals surface area (Å²) in [5, 5.41) is 20.1. The summed E-state index contributed by atoms with van der Waals surface area (Å²) in [6.07, 6.45) is -3.45. The van der Waals surface area contributed by atoms with Gasteiger partial charge in [0.2, 0.25) is 0 Å². The third-order valence-electron chi connectivity index (χ3n) is 4.31. The lowest BCUT2D eigenvalue weighted by atomic mass is 10.0. The maximum Gasteiger partial charge on any atom is 0.192 e. The molecule has 2 N–H and O–H groups in total. The van der Waals surface area contributed by atoms with E-state index < -0.39 is 39.0 Å². The van der Waals surface area contributed by atoms with Crippen LogP contribution in [0.4, 0.5) is 0 Å². The molecule has 2 saturated heterocycles. The summed E-state index contributed by atoms with van der Waals surface area (Å²) in [6, 6.07) is 0. The van der Waals surface area contributed by atoms with Crippen molar-refractivity contribution >= 4 is 8.32 Å². The molecule has 2 heterocycles. The molecule has 106 valence electrons.